The average Bonchev–Trinajstić information content (AvgIpc) is 2.41. The van der Waals surface area contributed by atoms with Crippen molar-refractivity contribution in [2.45, 2.75) is 19.4 Å². The lowest BCUT2D eigenvalue weighted by Crippen LogP contribution is -2.58. The number of nitrogens with two attached hydrogens (primary N) is 1. The number of carbonyl (C=O) groups is 1. The molecule has 1 aliphatic heterocycles. The van der Waals surface area contributed by atoms with Gasteiger partial charge in [0.2, 0.25) is 0 Å². The molecule has 5 nitrogen and oxygen atoms in total. The van der Waals surface area contributed by atoms with E-state index in [9.17, 15) is 4.79 Å². The SMILES string of the molecule is COc1ccc(C(=O)N2CCN(C)C(C)(C)C2)c(N)c1. The van der Waals surface area contributed by atoms with E-state index in [0.29, 0.717) is 23.5 Å². The summed E-state index contributed by atoms with van der Waals surface area (Å²) in [5.74, 6) is 0.657. The molecule has 1 aliphatic rings. The van der Waals surface area contributed by atoms with Crippen LogP contribution in [0.2, 0.25) is 0 Å². The molecule has 0 saturated carbocycles. The number of benzene rings is 1. The number of likely N-dealkylation sites (N-methyl/N-ethyl adjacent to an activating group) is 1. The molecule has 0 radical (unpaired) electrons. The first kappa shape index (κ1) is 14.7. The number of methoxy groups -OCH3 is 1. The Balaban J connectivity index is 2.20. The average molecular weight is 277 g/mol. The molecule has 5 heteroatoms. The monoisotopic (exact) mass is 277 g/mol. The zero-order valence-electron chi connectivity index (χ0n) is 12.6. The topological polar surface area (TPSA) is 58.8 Å². The number of hydrogen-bond acceptors (Lipinski definition) is 4. The van der Waals surface area contributed by atoms with Gasteiger partial charge < -0.3 is 15.4 Å². The van der Waals surface area contributed by atoms with Crippen LogP contribution < -0.4 is 10.5 Å². The molecule has 0 spiro atoms. The van der Waals surface area contributed by atoms with Crippen LogP contribution in [0.15, 0.2) is 18.2 Å². The predicted octanol–water partition coefficient (Wildman–Crippen LogP) is 1.44. The van der Waals surface area contributed by atoms with E-state index >= 15 is 0 Å². The number of nitrogen functional groups attached to an aromatic ring is 1. The normalized spacial score (nSPS) is 18.9. The number of carbonyl (C=O) groups excluding carboxylic acids is 1. The third-order valence-corrected chi connectivity index (χ3v) is 4.09. The van der Waals surface area contributed by atoms with Crippen molar-refractivity contribution in [2.75, 3.05) is 39.5 Å². The van der Waals surface area contributed by atoms with Crippen molar-refractivity contribution in [3.05, 3.63) is 23.8 Å². The Morgan fingerprint density at radius 3 is 2.60 bits per heavy atom. The standard InChI is InChI=1S/C15H23N3O2/c1-15(2)10-18(8-7-17(15)3)14(19)12-6-5-11(20-4)9-13(12)16/h5-6,9H,7-8,10,16H2,1-4H3. The van der Waals surface area contributed by atoms with Crippen LogP contribution in [0.5, 0.6) is 5.75 Å². The fourth-order valence-electron chi connectivity index (χ4n) is 2.45. The molecule has 2 N–H and O–H groups in total. The van der Waals surface area contributed by atoms with Gasteiger partial charge in [-0.3, -0.25) is 9.69 Å². The van der Waals surface area contributed by atoms with E-state index in [1.54, 1.807) is 25.3 Å². The number of anilines is 1. The second-order valence-corrected chi connectivity index (χ2v) is 5.91. The number of piperazine rings is 1. The molecule has 1 heterocycles. The van der Waals surface area contributed by atoms with Crippen LogP contribution in [0, 0.1) is 0 Å². The highest BCUT2D eigenvalue weighted by Gasteiger charge is 2.33. The minimum atomic E-state index is -0.0187. The van der Waals surface area contributed by atoms with Gasteiger partial charge in [-0.1, -0.05) is 0 Å². The van der Waals surface area contributed by atoms with Crippen LogP contribution in [0.25, 0.3) is 0 Å². The van der Waals surface area contributed by atoms with Crippen molar-refractivity contribution in [3.63, 3.8) is 0 Å². The molecule has 1 fully saturated rings. The molecule has 0 bridgehead atoms. The number of amides is 1. The minimum absolute atomic E-state index is 0.00803. The summed E-state index contributed by atoms with van der Waals surface area (Å²) in [5.41, 5.74) is 6.95. The van der Waals surface area contributed by atoms with Crippen molar-refractivity contribution < 1.29 is 9.53 Å². The van der Waals surface area contributed by atoms with Crippen LogP contribution >= 0.6 is 0 Å². The van der Waals surface area contributed by atoms with Crippen LogP contribution in [0.1, 0.15) is 24.2 Å². The molecule has 0 aromatic heterocycles. The number of hydrogen-bond donors (Lipinski definition) is 1. The van der Waals surface area contributed by atoms with Gasteiger partial charge in [0.05, 0.1) is 12.7 Å². The predicted molar refractivity (Wildman–Crippen MR) is 80.0 cm³/mol. The maximum absolute atomic E-state index is 12.6. The van der Waals surface area contributed by atoms with Gasteiger partial charge in [0.1, 0.15) is 5.75 Å². The summed E-state index contributed by atoms with van der Waals surface area (Å²) in [7, 11) is 3.67. The molecule has 0 atom stereocenters. The summed E-state index contributed by atoms with van der Waals surface area (Å²) in [6.07, 6.45) is 0. The molecule has 0 unspecified atom stereocenters. The molecular formula is C15H23N3O2. The molecule has 0 aliphatic carbocycles. The zero-order chi connectivity index (χ0) is 14.9. The second-order valence-electron chi connectivity index (χ2n) is 5.91. The smallest absolute Gasteiger partial charge is 0.256 e. The Hall–Kier alpha value is -1.75. The summed E-state index contributed by atoms with van der Waals surface area (Å²) in [5, 5.41) is 0. The fourth-order valence-corrected chi connectivity index (χ4v) is 2.45. The molecular weight excluding hydrogens is 254 g/mol. The van der Waals surface area contributed by atoms with Crippen molar-refractivity contribution in [1.29, 1.82) is 0 Å². The zero-order valence-corrected chi connectivity index (χ0v) is 12.6. The van der Waals surface area contributed by atoms with Gasteiger partial charge >= 0.3 is 0 Å². The molecule has 2 rings (SSSR count). The quantitative estimate of drug-likeness (QED) is 0.831. The largest absolute Gasteiger partial charge is 0.497 e. The van der Waals surface area contributed by atoms with E-state index < -0.39 is 0 Å². The molecule has 1 aromatic carbocycles. The fraction of sp³-hybridized carbons (Fsp3) is 0.533. The molecule has 1 saturated heterocycles. The lowest BCUT2D eigenvalue weighted by Gasteiger charge is -2.45. The maximum Gasteiger partial charge on any atom is 0.256 e. The van der Waals surface area contributed by atoms with Crippen LogP contribution in [-0.2, 0) is 0 Å². The summed E-state index contributed by atoms with van der Waals surface area (Å²) in [4.78, 5) is 16.7. The first-order chi connectivity index (χ1) is 9.35. The van der Waals surface area contributed by atoms with Gasteiger partial charge in [0, 0.05) is 36.9 Å². The van der Waals surface area contributed by atoms with Gasteiger partial charge in [-0.15, -0.1) is 0 Å². The van der Waals surface area contributed by atoms with Crippen LogP contribution in [-0.4, -0.2) is 55.0 Å². The first-order valence-electron chi connectivity index (χ1n) is 6.79. The third kappa shape index (κ3) is 2.72. The van der Waals surface area contributed by atoms with Crippen molar-refractivity contribution in [2.24, 2.45) is 0 Å². The number of rotatable bonds is 2. The first-order valence-corrected chi connectivity index (χ1v) is 6.79. The van der Waals surface area contributed by atoms with Gasteiger partial charge in [-0.2, -0.15) is 0 Å². The Morgan fingerprint density at radius 2 is 2.05 bits per heavy atom. The highest BCUT2D eigenvalue weighted by molar-refractivity contribution is 5.99. The number of ether oxygens (including phenoxy) is 1. The van der Waals surface area contributed by atoms with E-state index in [0.717, 1.165) is 13.1 Å². The maximum atomic E-state index is 12.6. The number of nitrogens with zero attached hydrogens (tertiary/aromatic N) is 2. The van der Waals surface area contributed by atoms with E-state index in [1.807, 2.05) is 4.90 Å². The van der Waals surface area contributed by atoms with Crippen molar-refractivity contribution in [1.82, 2.24) is 9.80 Å². The Bertz CT molecular complexity index is 514. The van der Waals surface area contributed by atoms with Gasteiger partial charge in [-0.25, -0.2) is 0 Å². The van der Waals surface area contributed by atoms with Gasteiger partial charge in [0.15, 0.2) is 0 Å². The Morgan fingerprint density at radius 1 is 1.35 bits per heavy atom. The van der Waals surface area contributed by atoms with Gasteiger partial charge in [-0.05, 0) is 33.0 Å². The Labute approximate surface area is 120 Å². The van der Waals surface area contributed by atoms with E-state index in [4.69, 9.17) is 10.5 Å². The van der Waals surface area contributed by atoms with Crippen LogP contribution in [0.3, 0.4) is 0 Å². The van der Waals surface area contributed by atoms with Gasteiger partial charge in [0.25, 0.3) is 5.91 Å². The second kappa shape index (κ2) is 5.32. The highest BCUT2D eigenvalue weighted by Crippen LogP contribution is 2.24. The summed E-state index contributed by atoms with van der Waals surface area (Å²) >= 11 is 0. The van der Waals surface area contributed by atoms with Crippen LogP contribution in [0.4, 0.5) is 5.69 Å². The lowest BCUT2D eigenvalue weighted by molar-refractivity contribution is 0.0312. The minimum Gasteiger partial charge on any atom is -0.497 e. The van der Waals surface area contributed by atoms with Crippen molar-refractivity contribution >= 4 is 11.6 Å². The summed E-state index contributed by atoms with van der Waals surface area (Å²) in [6.45, 7) is 6.58. The molecule has 1 amide bonds. The summed E-state index contributed by atoms with van der Waals surface area (Å²) in [6, 6.07) is 5.20. The van der Waals surface area contributed by atoms with Crippen molar-refractivity contribution in [3.8, 4) is 5.75 Å². The van der Waals surface area contributed by atoms with E-state index in [1.165, 1.54) is 0 Å². The Kier molecular flexibility index (Phi) is 3.90. The van der Waals surface area contributed by atoms with E-state index in [-0.39, 0.29) is 11.4 Å². The third-order valence-electron chi connectivity index (χ3n) is 4.09. The van der Waals surface area contributed by atoms with E-state index in [2.05, 4.69) is 25.8 Å². The molecule has 1 aromatic rings. The summed E-state index contributed by atoms with van der Waals surface area (Å²) < 4.78 is 5.11. The molecule has 20 heavy (non-hydrogen) atoms. The lowest BCUT2D eigenvalue weighted by atomic mass is 9.99. The highest BCUT2D eigenvalue weighted by atomic mass is 16.5. The molecule has 110 valence electrons.